The number of benzene rings is 2. The SMILES string of the molecule is C[C@H](O)C(=O)Nc1ccc(CN2C(=O)[C@]3(O[C@H](CCO)[C@@H]([Si](C)(C)O)[C@@H]3C)c3cc([N+](=O)[O-])ccc32)cc1. The van der Waals surface area contributed by atoms with E-state index in [1.165, 1.54) is 24.0 Å². The normalized spacial score (nSPS) is 25.5. The second-order valence-electron chi connectivity index (χ2n) is 10.6. The monoisotopic (exact) mass is 543 g/mol. The number of aliphatic hydroxyl groups is 2. The van der Waals surface area contributed by atoms with Gasteiger partial charge >= 0.3 is 0 Å². The molecule has 2 aromatic carbocycles. The zero-order chi connectivity index (χ0) is 28.0. The van der Waals surface area contributed by atoms with Crippen LogP contribution in [0.2, 0.25) is 18.6 Å². The van der Waals surface area contributed by atoms with Gasteiger partial charge in [-0.3, -0.25) is 19.7 Å². The lowest BCUT2D eigenvalue weighted by Gasteiger charge is -2.32. The van der Waals surface area contributed by atoms with E-state index in [0.29, 0.717) is 16.9 Å². The highest BCUT2D eigenvalue weighted by Gasteiger charge is 2.66. The number of hydrogen-bond donors (Lipinski definition) is 4. The minimum atomic E-state index is -2.88. The van der Waals surface area contributed by atoms with Gasteiger partial charge in [0.05, 0.1) is 23.3 Å². The second kappa shape index (κ2) is 10.2. The molecule has 2 heterocycles. The van der Waals surface area contributed by atoms with Crippen LogP contribution in [0.4, 0.5) is 17.1 Å². The Bertz CT molecular complexity index is 1250. The molecule has 0 radical (unpaired) electrons. The van der Waals surface area contributed by atoms with E-state index >= 15 is 0 Å². The van der Waals surface area contributed by atoms with E-state index in [2.05, 4.69) is 5.32 Å². The molecule has 1 saturated heterocycles. The summed E-state index contributed by atoms with van der Waals surface area (Å²) < 4.78 is 6.46. The minimum Gasteiger partial charge on any atom is -0.432 e. The van der Waals surface area contributed by atoms with E-state index in [1.54, 1.807) is 43.4 Å². The highest BCUT2D eigenvalue weighted by molar-refractivity contribution is 6.71. The first-order chi connectivity index (χ1) is 17.8. The Morgan fingerprint density at radius 3 is 2.47 bits per heavy atom. The zero-order valence-electron chi connectivity index (χ0n) is 21.7. The first-order valence-electron chi connectivity index (χ1n) is 12.5. The van der Waals surface area contributed by atoms with Crippen LogP contribution in [0.5, 0.6) is 0 Å². The Balaban J connectivity index is 1.74. The van der Waals surface area contributed by atoms with Gasteiger partial charge in [0.1, 0.15) is 6.10 Å². The molecule has 1 fully saturated rings. The fourth-order valence-electron chi connectivity index (χ4n) is 5.86. The van der Waals surface area contributed by atoms with Crippen molar-refractivity contribution in [2.45, 2.75) is 63.3 Å². The summed E-state index contributed by atoms with van der Waals surface area (Å²) in [5.74, 6) is -1.42. The maximum absolute atomic E-state index is 14.2. The van der Waals surface area contributed by atoms with Gasteiger partial charge in [-0.2, -0.15) is 0 Å². The van der Waals surface area contributed by atoms with Crippen LogP contribution < -0.4 is 10.2 Å². The van der Waals surface area contributed by atoms with Crippen molar-refractivity contribution in [3.63, 3.8) is 0 Å². The summed E-state index contributed by atoms with van der Waals surface area (Å²) in [6.07, 6.45) is -1.52. The molecule has 2 amide bonds. The zero-order valence-corrected chi connectivity index (χ0v) is 22.7. The number of fused-ring (bicyclic) bond motifs is 2. The fourth-order valence-corrected chi connectivity index (χ4v) is 8.46. The van der Waals surface area contributed by atoms with Crippen molar-refractivity contribution in [3.8, 4) is 0 Å². The lowest BCUT2D eigenvalue weighted by molar-refractivity contribution is -0.385. The summed E-state index contributed by atoms with van der Waals surface area (Å²) in [6.45, 7) is 6.68. The van der Waals surface area contributed by atoms with Gasteiger partial charge in [0.15, 0.2) is 13.9 Å². The molecule has 4 rings (SSSR count). The Morgan fingerprint density at radius 2 is 1.92 bits per heavy atom. The van der Waals surface area contributed by atoms with Crippen LogP contribution in [-0.2, 0) is 26.5 Å². The smallest absolute Gasteiger partial charge is 0.269 e. The molecule has 0 aromatic heterocycles. The lowest BCUT2D eigenvalue weighted by Crippen LogP contribution is -2.46. The third kappa shape index (κ3) is 4.74. The van der Waals surface area contributed by atoms with Crippen molar-refractivity contribution in [1.82, 2.24) is 0 Å². The molecule has 12 heteroatoms. The highest BCUT2D eigenvalue weighted by atomic mass is 28.4. The maximum atomic E-state index is 14.2. The standard InChI is InChI=1S/C26H33N3O8Si/c1-15-23(38(3,4)36)22(11-12-30)37-26(15)20-13-19(29(34)35)9-10-21(20)28(25(26)33)14-17-5-7-18(8-6-17)27-24(32)16(2)31/h5-10,13,15-16,22-23,30-31,36H,11-12,14H2,1-4H3,(H,27,32)/t15-,16-,22+,23-,26+/m0/s1. The molecule has 38 heavy (non-hydrogen) atoms. The van der Waals surface area contributed by atoms with Crippen LogP contribution in [0.25, 0.3) is 0 Å². The number of nitrogens with zero attached hydrogens (tertiary/aromatic N) is 2. The van der Waals surface area contributed by atoms with E-state index < -0.39 is 42.9 Å². The molecule has 2 aliphatic heterocycles. The molecule has 204 valence electrons. The number of carbonyl (C=O) groups excluding carboxylic acids is 2. The largest absolute Gasteiger partial charge is 0.432 e. The van der Waals surface area contributed by atoms with Gasteiger partial charge in [-0.15, -0.1) is 0 Å². The molecule has 11 nitrogen and oxygen atoms in total. The predicted molar refractivity (Wildman–Crippen MR) is 142 cm³/mol. The number of aliphatic hydroxyl groups excluding tert-OH is 2. The van der Waals surface area contributed by atoms with Gasteiger partial charge in [0, 0.05) is 41.4 Å². The van der Waals surface area contributed by atoms with Crippen LogP contribution >= 0.6 is 0 Å². The Kier molecular flexibility index (Phi) is 7.47. The lowest BCUT2D eigenvalue weighted by atomic mass is 9.82. The van der Waals surface area contributed by atoms with Crippen molar-refractivity contribution >= 4 is 37.2 Å². The molecule has 0 saturated carbocycles. The van der Waals surface area contributed by atoms with Crippen LogP contribution in [0.15, 0.2) is 42.5 Å². The van der Waals surface area contributed by atoms with Crippen LogP contribution in [0.1, 0.15) is 31.4 Å². The fraction of sp³-hybridized carbons (Fsp3) is 0.462. The van der Waals surface area contributed by atoms with Crippen LogP contribution in [0, 0.1) is 16.0 Å². The predicted octanol–water partition coefficient (Wildman–Crippen LogP) is 2.64. The molecule has 0 aliphatic carbocycles. The van der Waals surface area contributed by atoms with Crippen molar-refractivity contribution in [1.29, 1.82) is 0 Å². The quantitative estimate of drug-likeness (QED) is 0.224. The highest BCUT2D eigenvalue weighted by Crippen LogP contribution is 2.60. The van der Waals surface area contributed by atoms with Gasteiger partial charge in [-0.05, 0) is 50.2 Å². The van der Waals surface area contributed by atoms with Crippen molar-refractivity contribution in [3.05, 3.63) is 63.7 Å². The average molecular weight is 544 g/mol. The number of amides is 2. The maximum Gasteiger partial charge on any atom is 0.269 e. The molecule has 5 atom stereocenters. The van der Waals surface area contributed by atoms with Crippen molar-refractivity contribution in [2.24, 2.45) is 5.92 Å². The minimum absolute atomic E-state index is 0.140. The molecule has 1 spiro atoms. The van der Waals surface area contributed by atoms with E-state index in [4.69, 9.17) is 4.74 Å². The summed E-state index contributed by atoms with van der Waals surface area (Å²) in [4.78, 5) is 49.8. The number of hydrogen-bond acceptors (Lipinski definition) is 8. The van der Waals surface area contributed by atoms with E-state index in [9.17, 15) is 34.7 Å². The molecular formula is C26H33N3O8Si. The number of ether oxygens (including phenoxy) is 1. The number of nitro groups is 1. The van der Waals surface area contributed by atoms with Gasteiger partial charge in [-0.1, -0.05) is 19.1 Å². The number of carbonyl (C=O) groups is 2. The molecule has 2 aromatic rings. The summed E-state index contributed by atoms with van der Waals surface area (Å²) in [6, 6.07) is 11.1. The second-order valence-corrected chi connectivity index (χ2v) is 14.6. The Morgan fingerprint density at radius 1 is 1.26 bits per heavy atom. The number of nitro benzene ring substituents is 1. The molecule has 0 bridgehead atoms. The molecular weight excluding hydrogens is 510 g/mol. The van der Waals surface area contributed by atoms with Gasteiger partial charge in [-0.25, -0.2) is 0 Å². The van der Waals surface area contributed by atoms with Gasteiger partial charge < -0.3 is 30.0 Å². The topological polar surface area (TPSA) is 162 Å². The third-order valence-corrected chi connectivity index (χ3v) is 10.0. The molecule has 2 aliphatic rings. The summed E-state index contributed by atoms with van der Waals surface area (Å²) in [5, 5.41) is 33.3. The van der Waals surface area contributed by atoms with Crippen LogP contribution in [-0.4, -0.2) is 58.9 Å². The summed E-state index contributed by atoms with van der Waals surface area (Å²) in [5.41, 5.74) is -0.00659. The average Bonchev–Trinajstić information content (AvgIpc) is 3.27. The van der Waals surface area contributed by atoms with E-state index in [0.717, 1.165) is 5.56 Å². The molecule has 4 N–H and O–H groups in total. The van der Waals surface area contributed by atoms with E-state index in [1.807, 2.05) is 6.92 Å². The first-order valence-corrected chi connectivity index (χ1v) is 15.5. The van der Waals surface area contributed by atoms with Gasteiger partial charge in [0.2, 0.25) is 0 Å². The number of nitrogens with one attached hydrogen (secondary N) is 1. The van der Waals surface area contributed by atoms with E-state index in [-0.39, 0.29) is 36.7 Å². The number of non-ortho nitro benzene ring substituents is 1. The van der Waals surface area contributed by atoms with Gasteiger partial charge in [0.25, 0.3) is 17.5 Å². The molecule has 0 unspecified atom stereocenters. The summed E-state index contributed by atoms with van der Waals surface area (Å²) in [7, 11) is -2.88. The van der Waals surface area contributed by atoms with Crippen molar-refractivity contribution in [2.75, 3.05) is 16.8 Å². The Hall–Kier alpha value is -3.16. The third-order valence-electron chi connectivity index (χ3n) is 7.53. The first kappa shape index (κ1) is 27.9. The van der Waals surface area contributed by atoms with Crippen molar-refractivity contribution < 1.29 is 34.3 Å². The van der Waals surface area contributed by atoms with Crippen LogP contribution in [0.3, 0.4) is 0 Å². The number of rotatable bonds is 8. The summed E-state index contributed by atoms with van der Waals surface area (Å²) >= 11 is 0. The number of anilines is 2. The Labute approximate surface area is 221 Å².